The molecule has 1 aliphatic heterocycles. The van der Waals surface area contributed by atoms with Crippen LogP contribution in [-0.4, -0.2) is 36.3 Å². The van der Waals surface area contributed by atoms with Crippen LogP contribution in [0.1, 0.15) is 12.8 Å². The van der Waals surface area contributed by atoms with Crippen molar-refractivity contribution in [2.45, 2.75) is 18.9 Å². The molecule has 0 spiro atoms. The summed E-state index contributed by atoms with van der Waals surface area (Å²) in [7, 11) is 1.56. The van der Waals surface area contributed by atoms with Crippen molar-refractivity contribution >= 4 is 15.9 Å². The van der Waals surface area contributed by atoms with Crippen molar-refractivity contribution in [3.8, 4) is 11.8 Å². The normalized spacial score (nSPS) is 20.5. The number of hydrogen-bond acceptors (Lipinski definition) is 5. The van der Waals surface area contributed by atoms with E-state index in [1.54, 1.807) is 13.3 Å². The third-order valence-electron chi connectivity index (χ3n) is 2.40. The lowest BCUT2D eigenvalue weighted by molar-refractivity contribution is 0.152. The molecule has 0 aromatic carbocycles. The summed E-state index contributed by atoms with van der Waals surface area (Å²) in [6.07, 6.45) is 3.91. The smallest absolute Gasteiger partial charge is 0.278 e. The van der Waals surface area contributed by atoms with Crippen LogP contribution in [0.25, 0.3) is 0 Å². The van der Waals surface area contributed by atoms with Gasteiger partial charge in [-0.2, -0.15) is 4.98 Å². The Balaban J connectivity index is 2.07. The van der Waals surface area contributed by atoms with Crippen molar-refractivity contribution in [2.75, 3.05) is 20.2 Å². The molecule has 2 heterocycles. The standard InChI is InChI=1S/C10H14BrN3O2/c1-15-10-9(13-6-8(11)14-10)16-7-3-2-4-12-5-7/h6-7,12H,2-5H2,1H3. The van der Waals surface area contributed by atoms with Gasteiger partial charge in [-0.1, -0.05) is 0 Å². The van der Waals surface area contributed by atoms with Crippen LogP contribution in [0.4, 0.5) is 0 Å². The van der Waals surface area contributed by atoms with E-state index in [1.165, 1.54) is 0 Å². The zero-order valence-electron chi connectivity index (χ0n) is 9.07. The molecule has 1 aromatic heterocycles. The topological polar surface area (TPSA) is 56.3 Å². The van der Waals surface area contributed by atoms with Crippen molar-refractivity contribution in [3.63, 3.8) is 0 Å². The zero-order valence-corrected chi connectivity index (χ0v) is 10.7. The fourth-order valence-electron chi connectivity index (χ4n) is 1.63. The molecule has 1 fully saturated rings. The maximum absolute atomic E-state index is 5.75. The monoisotopic (exact) mass is 287 g/mol. The first-order chi connectivity index (χ1) is 7.79. The molecule has 1 saturated heterocycles. The van der Waals surface area contributed by atoms with Gasteiger partial charge < -0.3 is 14.8 Å². The fraction of sp³-hybridized carbons (Fsp3) is 0.600. The molecule has 0 bridgehead atoms. The van der Waals surface area contributed by atoms with Crippen molar-refractivity contribution in [1.29, 1.82) is 0 Å². The van der Waals surface area contributed by atoms with Crippen LogP contribution in [0, 0.1) is 0 Å². The van der Waals surface area contributed by atoms with Gasteiger partial charge in [0.15, 0.2) is 0 Å². The first-order valence-electron chi connectivity index (χ1n) is 5.23. The number of piperidine rings is 1. The minimum Gasteiger partial charge on any atom is -0.477 e. The summed E-state index contributed by atoms with van der Waals surface area (Å²) < 4.78 is 11.5. The molecule has 5 nitrogen and oxygen atoms in total. The summed E-state index contributed by atoms with van der Waals surface area (Å²) in [5.41, 5.74) is 0. The second-order valence-electron chi connectivity index (χ2n) is 3.59. The van der Waals surface area contributed by atoms with Gasteiger partial charge in [-0.25, -0.2) is 4.98 Å². The average Bonchev–Trinajstić information content (AvgIpc) is 2.33. The van der Waals surface area contributed by atoms with Crippen LogP contribution in [-0.2, 0) is 0 Å². The predicted molar refractivity (Wildman–Crippen MR) is 62.8 cm³/mol. The van der Waals surface area contributed by atoms with Crippen LogP contribution in [0.2, 0.25) is 0 Å². The molecule has 0 saturated carbocycles. The summed E-state index contributed by atoms with van der Waals surface area (Å²) in [5, 5.41) is 3.28. The molecule has 0 aliphatic carbocycles. The Morgan fingerprint density at radius 2 is 2.38 bits per heavy atom. The first-order valence-corrected chi connectivity index (χ1v) is 6.03. The molecule has 1 atom stereocenters. The van der Waals surface area contributed by atoms with Gasteiger partial charge in [-0.3, -0.25) is 0 Å². The molecule has 0 radical (unpaired) electrons. The van der Waals surface area contributed by atoms with E-state index in [9.17, 15) is 0 Å². The molecular weight excluding hydrogens is 274 g/mol. The molecule has 1 N–H and O–H groups in total. The lowest BCUT2D eigenvalue weighted by atomic mass is 10.1. The number of nitrogens with zero attached hydrogens (tertiary/aromatic N) is 2. The Kier molecular flexibility index (Phi) is 3.95. The van der Waals surface area contributed by atoms with E-state index in [0.717, 1.165) is 25.9 Å². The predicted octanol–water partition coefficient (Wildman–Crippen LogP) is 1.38. The number of ether oxygens (including phenoxy) is 2. The average molecular weight is 288 g/mol. The SMILES string of the molecule is COc1nc(Br)cnc1OC1CCCNC1. The minimum atomic E-state index is 0.151. The lowest BCUT2D eigenvalue weighted by Gasteiger charge is -2.23. The summed E-state index contributed by atoms with van der Waals surface area (Å²) in [6, 6.07) is 0. The van der Waals surface area contributed by atoms with Gasteiger partial charge in [0, 0.05) is 6.54 Å². The number of methoxy groups -OCH3 is 1. The minimum absolute atomic E-state index is 0.151. The second-order valence-corrected chi connectivity index (χ2v) is 4.41. The van der Waals surface area contributed by atoms with Crippen molar-refractivity contribution in [3.05, 3.63) is 10.8 Å². The molecule has 88 valence electrons. The van der Waals surface area contributed by atoms with Gasteiger partial charge in [-0.05, 0) is 35.3 Å². The van der Waals surface area contributed by atoms with Gasteiger partial charge in [0.05, 0.1) is 13.3 Å². The number of nitrogens with one attached hydrogen (secondary N) is 1. The van der Waals surface area contributed by atoms with Crippen LogP contribution in [0.3, 0.4) is 0 Å². The Bertz CT molecular complexity index is 356. The van der Waals surface area contributed by atoms with Gasteiger partial charge in [-0.15, -0.1) is 0 Å². The molecule has 1 unspecified atom stereocenters. The highest BCUT2D eigenvalue weighted by Gasteiger charge is 2.18. The fourth-order valence-corrected chi connectivity index (χ4v) is 1.90. The van der Waals surface area contributed by atoms with Crippen LogP contribution in [0.5, 0.6) is 11.8 Å². The van der Waals surface area contributed by atoms with E-state index in [1.807, 2.05) is 0 Å². The molecule has 0 amide bonds. The van der Waals surface area contributed by atoms with Gasteiger partial charge in [0.2, 0.25) is 0 Å². The molecule has 1 aromatic rings. The highest BCUT2D eigenvalue weighted by atomic mass is 79.9. The van der Waals surface area contributed by atoms with Gasteiger partial charge >= 0.3 is 0 Å². The van der Waals surface area contributed by atoms with Crippen molar-refractivity contribution in [1.82, 2.24) is 15.3 Å². The summed E-state index contributed by atoms with van der Waals surface area (Å²) in [6.45, 7) is 1.91. The molecular formula is C10H14BrN3O2. The zero-order chi connectivity index (χ0) is 11.4. The summed E-state index contributed by atoms with van der Waals surface area (Å²) >= 11 is 3.24. The van der Waals surface area contributed by atoms with E-state index in [0.29, 0.717) is 16.4 Å². The Morgan fingerprint density at radius 3 is 3.06 bits per heavy atom. The highest BCUT2D eigenvalue weighted by Crippen LogP contribution is 2.25. The Labute approximate surface area is 103 Å². The van der Waals surface area contributed by atoms with E-state index in [2.05, 4.69) is 31.2 Å². The quantitative estimate of drug-likeness (QED) is 0.910. The molecule has 2 rings (SSSR count). The summed E-state index contributed by atoms with van der Waals surface area (Å²) in [5.74, 6) is 0.874. The van der Waals surface area contributed by atoms with E-state index in [-0.39, 0.29) is 6.10 Å². The summed E-state index contributed by atoms with van der Waals surface area (Å²) in [4.78, 5) is 8.30. The molecule has 16 heavy (non-hydrogen) atoms. The van der Waals surface area contributed by atoms with Crippen LogP contribution < -0.4 is 14.8 Å². The molecule has 1 aliphatic rings. The number of hydrogen-bond donors (Lipinski definition) is 1. The third-order valence-corrected chi connectivity index (χ3v) is 2.79. The van der Waals surface area contributed by atoms with Crippen molar-refractivity contribution in [2.24, 2.45) is 0 Å². The number of rotatable bonds is 3. The second kappa shape index (κ2) is 5.45. The van der Waals surface area contributed by atoms with E-state index >= 15 is 0 Å². The van der Waals surface area contributed by atoms with Crippen LogP contribution >= 0.6 is 15.9 Å². The highest BCUT2D eigenvalue weighted by molar-refractivity contribution is 9.10. The molecule has 6 heteroatoms. The van der Waals surface area contributed by atoms with E-state index < -0.39 is 0 Å². The number of aromatic nitrogens is 2. The lowest BCUT2D eigenvalue weighted by Crippen LogP contribution is -2.37. The maximum atomic E-state index is 5.75. The van der Waals surface area contributed by atoms with Gasteiger partial charge in [0.1, 0.15) is 10.7 Å². The number of halogens is 1. The largest absolute Gasteiger partial charge is 0.477 e. The van der Waals surface area contributed by atoms with Crippen LogP contribution in [0.15, 0.2) is 10.8 Å². The maximum Gasteiger partial charge on any atom is 0.278 e. The Hall–Kier alpha value is -0.880. The first kappa shape index (κ1) is 11.6. The third kappa shape index (κ3) is 2.82. The van der Waals surface area contributed by atoms with E-state index in [4.69, 9.17) is 9.47 Å². The Morgan fingerprint density at radius 1 is 1.50 bits per heavy atom. The van der Waals surface area contributed by atoms with Gasteiger partial charge in [0.25, 0.3) is 11.8 Å². The van der Waals surface area contributed by atoms with Crippen molar-refractivity contribution < 1.29 is 9.47 Å².